The maximum atomic E-state index is 14.0. The van der Waals surface area contributed by atoms with E-state index >= 15 is 0 Å². The molecule has 262 valence electrons. The Kier molecular flexibility index (Phi) is 11.8. The van der Waals surface area contributed by atoms with Crippen LogP contribution >= 0.6 is 32.3 Å². The van der Waals surface area contributed by atoms with Crippen molar-refractivity contribution >= 4 is 48.3 Å². The Morgan fingerprint density at radius 1 is 1.14 bits per heavy atom. The third-order valence-electron chi connectivity index (χ3n) is 10.6. The number of nitrogens with zero attached hydrogens (tertiary/aromatic N) is 2. The third-order valence-corrected chi connectivity index (χ3v) is 13.4. The van der Waals surface area contributed by atoms with Crippen molar-refractivity contribution in [1.29, 1.82) is 0 Å². The molecule has 2 aromatic heterocycles. The molecule has 1 saturated heterocycles. The number of carbonyl (C=O) groups is 1. The molecule has 5 N–H and O–H groups in total. The molecule has 0 radical (unpaired) electrons. The first-order valence-corrected chi connectivity index (χ1v) is 20.9. The predicted octanol–water partition coefficient (Wildman–Crippen LogP) is 7.63. The van der Waals surface area contributed by atoms with E-state index in [1.54, 1.807) is 17.5 Å². The molecule has 1 unspecified atom stereocenters. The summed E-state index contributed by atoms with van der Waals surface area (Å²) in [5, 5.41) is 3.95. The van der Waals surface area contributed by atoms with Gasteiger partial charge < -0.3 is 15.2 Å². The van der Waals surface area contributed by atoms with Gasteiger partial charge in [0.25, 0.3) is 11.5 Å². The van der Waals surface area contributed by atoms with Crippen molar-refractivity contribution in [2.24, 2.45) is 23.1 Å². The van der Waals surface area contributed by atoms with E-state index in [2.05, 4.69) is 80.0 Å². The van der Waals surface area contributed by atoms with Crippen molar-refractivity contribution in [3.05, 3.63) is 90.8 Å². The molecule has 6 rings (SSSR count). The number of aromatic amines is 1. The largest absolute Gasteiger partial charge is 0.343 e. The number of hydrogen-bond acceptors (Lipinski definition) is 7. The third kappa shape index (κ3) is 9.13. The van der Waals surface area contributed by atoms with Crippen LogP contribution < -0.4 is 20.4 Å². The van der Waals surface area contributed by atoms with Gasteiger partial charge in [0, 0.05) is 23.2 Å². The summed E-state index contributed by atoms with van der Waals surface area (Å²) in [6.45, 7) is 11.9. The molecule has 8 nitrogen and oxygen atoms in total. The highest BCUT2D eigenvalue weighted by atomic mass is 127. The number of aromatic nitrogens is 2. The molecule has 2 aliphatic carbocycles. The second-order valence-corrected chi connectivity index (χ2v) is 18.0. The molecular weight excluding hydrogens is 743 g/mol. The Morgan fingerprint density at radius 2 is 1.92 bits per heavy atom. The van der Waals surface area contributed by atoms with E-state index in [1.165, 1.54) is 22.4 Å². The average Bonchev–Trinajstić information content (AvgIpc) is 3.48. The SMILES string of the molecule is Cc1cc(-c2ccc([C@@H](CCN3CCC(C=INN)CC3)NC(=O)c3nc4c(s3)CC/C=C3/CCC(C(C)(C)C)C/C3=C/4)cc2)c[nH]c1=O. The second-order valence-electron chi connectivity index (χ2n) is 14.9. The Morgan fingerprint density at radius 3 is 2.63 bits per heavy atom. The minimum Gasteiger partial charge on any atom is -0.343 e. The van der Waals surface area contributed by atoms with Gasteiger partial charge >= 0.3 is 0 Å². The number of allylic oxidation sites excluding steroid dienone is 3. The molecule has 3 aromatic rings. The Hall–Kier alpha value is -2.77. The van der Waals surface area contributed by atoms with Crippen molar-refractivity contribution in [3.63, 3.8) is 0 Å². The topological polar surface area (TPSA) is 116 Å². The van der Waals surface area contributed by atoms with E-state index in [1.807, 2.05) is 13.0 Å². The number of nitrogens with two attached hydrogens (primary N) is 1. The zero-order valence-corrected chi connectivity index (χ0v) is 32.3. The van der Waals surface area contributed by atoms with Crippen LogP contribution in [0.5, 0.6) is 0 Å². The van der Waals surface area contributed by atoms with Gasteiger partial charge in [-0.3, -0.25) is 15.4 Å². The van der Waals surface area contributed by atoms with Crippen LogP contribution in [0.4, 0.5) is 0 Å². The molecule has 49 heavy (non-hydrogen) atoms. The molecule has 1 aliphatic heterocycles. The molecule has 10 heteroatoms. The van der Waals surface area contributed by atoms with Crippen LogP contribution in [0.15, 0.2) is 58.5 Å². The summed E-state index contributed by atoms with van der Waals surface area (Å²) in [4.78, 5) is 37.4. The van der Waals surface area contributed by atoms with Crippen LogP contribution in [0.1, 0.15) is 103 Å². The molecule has 0 spiro atoms. The number of fused-ring (bicyclic) bond motifs is 2. The van der Waals surface area contributed by atoms with E-state index in [9.17, 15) is 9.59 Å². The molecule has 2 atom stereocenters. The number of aryl methyl sites for hydroxylation is 2. The van der Waals surface area contributed by atoms with Crippen molar-refractivity contribution in [2.75, 3.05) is 19.6 Å². The predicted molar refractivity (Wildman–Crippen MR) is 212 cm³/mol. The highest BCUT2D eigenvalue weighted by molar-refractivity contribution is 14.2. The summed E-state index contributed by atoms with van der Waals surface area (Å²) in [7, 11) is 0. The van der Waals surface area contributed by atoms with Gasteiger partial charge in [-0.05, 0) is 154 Å². The number of nitrogens with one attached hydrogen (secondary N) is 3. The smallest absolute Gasteiger partial charge is 0.280 e. The van der Waals surface area contributed by atoms with Gasteiger partial charge in [-0.25, -0.2) is 8.62 Å². The first kappa shape index (κ1) is 36.0. The lowest BCUT2D eigenvalue weighted by molar-refractivity contribution is 0.0929. The van der Waals surface area contributed by atoms with Crippen LogP contribution in [0.25, 0.3) is 17.2 Å². The number of piperidine rings is 1. The highest BCUT2D eigenvalue weighted by Crippen LogP contribution is 2.44. The number of benzene rings is 1. The van der Waals surface area contributed by atoms with Gasteiger partial charge in [0.05, 0.1) is 11.7 Å². The monoisotopic (exact) mass is 794 g/mol. The van der Waals surface area contributed by atoms with E-state index in [-0.39, 0.29) is 43.9 Å². The Labute approximate surface area is 305 Å². The number of hydrogen-bond donors (Lipinski definition) is 4. The van der Waals surface area contributed by atoms with E-state index in [0.717, 1.165) is 87.0 Å². The van der Waals surface area contributed by atoms with Gasteiger partial charge in [0.1, 0.15) is 0 Å². The number of hydrazine groups is 1. The number of pyridine rings is 1. The first-order valence-electron chi connectivity index (χ1n) is 17.7. The lowest BCUT2D eigenvalue weighted by Crippen LogP contribution is -2.37. The number of rotatable bonds is 9. The average molecular weight is 795 g/mol. The minimum absolute atomic E-state index is 0.0707. The van der Waals surface area contributed by atoms with Crippen molar-refractivity contribution in [1.82, 2.24) is 23.8 Å². The van der Waals surface area contributed by atoms with E-state index in [0.29, 0.717) is 22.4 Å². The van der Waals surface area contributed by atoms with Gasteiger partial charge in [0.15, 0.2) is 5.01 Å². The van der Waals surface area contributed by atoms with Gasteiger partial charge in [-0.2, -0.15) is 0 Å². The van der Waals surface area contributed by atoms with E-state index in [4.69, 9.17) is 10.8 Å². The molecule has 2 fully saturated rings. The first-order chi connectivity index (χ1) is 23.6. The standard InChI is InChI=1S/C39H51IN6O2S/c1-25-20-31(24-42-36(25)47)28-8-10-29(11-9-28)33(16-19-46-17-14-26(15-18-46)23-40-45-41)43-37(48)38-44-34-22-30-21-32(39(2,3)4)13-12-27(30)6-5-7-35(34)49-38/h6,8-11,20,22-24,26,32-33,45H,5,7,12-19,21,41H2,1-4H3,(H,42,47)(H,43,48)/b27-6-,30-22-/t32?,33-/m1/s1. The maximum absolute atomic E-state index is 14.0. The summed E-state index contributed by atoms with van der Waals surface area (Å²) in [5.41, 5.74) is 7.82. The summed E-state index contributed by atoms with van der Waals surface area (Å²) < 4.78 is 5.25. The van der Waals surface area contributed by atoms with Gasteiger partial charge in [-0.15, -0.1) is 11.3 Å². The van der Waals surface area contributed by atoms with Gasteiger partial charge in [0.2, 0.25) is 0 Å². The number of likely N-dealkylation sites (tertiary alicyclic amines) is 1. The quantitative estimate of drug-likeness (QED) is 0.0767. The summed E-state index contributed by atoms with van der Waals surface area (Å²) in [6.07, 6.45) is 14.9. The fraction of sp³-hybridized carbons (Fsp3) is 0.487. The van der Waals surface area contributed by atoms with E-state index < -0.39 is 0 Å². The molecule has 1 saturated carbocycles. The summed E-state index contributed by atoms with van der Waals surface area (Å²) in [6, 6.07) is 10.1. The number of thiazole rings is 1. The molecular formula is C39H51IN6O2S. The number of halogens is 1. The molecule has 3 aliphatic rings. The summed E-state index contributed by atoms with van der Waals surface area (Å²) >= 11 is 1.33. The zero-order chi connectivity index (χ0) is 34.5. The highest BCUT2D eigenvalue weighted by Gasteiger charge is 2.31. The zero-order valence-electron chi connectivity index (χ0n) is 29.3. The normalized spacial score (nSPS) is 22.0. The maximum Gasteiger partial charge on any atom is 0.280 e. The van der Waals surface area contributed by atoms with Crippen molar-refractivity contribution in [3.8, 4) is 11.1 Å². The lowest BCUT2D eigenvalue weighted by Gasteiger charge is -2.36. The molecule has 1 aromatic carbocycles. The van der Waals surface area contributed by atoms with Crippen LogP contribution in [-0.4, -0.2) is 44.4 Å². The van der Waals surface area contributed by atoms with Gasteiger partial charge in [-0.1, -0.05) is 51.1 Å². The minimum atomic E-state index is -0.224. The van der Waals surface area contributed by atoms with Crippen LogP contribution in [0.2, 0.25) is 0 Å². The Bertz CT molecular complexity index is 1780. The number of amides is 1. The molecule has 3 heterocycles. The summed E-state index contributed by atoms with van der Waals surface area (Å²) in [5.74, 6) is 6.72. The fourth-order valence-electron chi connectivity index (χ4n) is 7.36. The van der Waals surface area contributed by atoms with Crippen LogP contribution in [0, 0.1) is 24.2 Å². The Balaban J connectivity index is 1.20. The number of H-pyrrole nitrogens is 1. The lowest BCUT2D eigenvalue weighted by atomic mass is 9.69. The second kappa shape index (κ2) is 16.1. The number of carbonyl (C=O) groups excluding carboxylic acids is 1. The molecule has 1 amide bonds. The van der Waals surface area contributed by atoms with Crippen LogP contribution in [-0.2, 0) is 6.42 Å². The molecule has 0 bridgehead atoms. The fourth-order valence-corrected chi connectivity index (χ4v) is 9.76. The van der Waals surface area contributed by atoms with Crippen molar-refractivity contribution < 1.29 is 4.79 Å². The van der Waals surface area contributed by atoms with Crippen molar-refractivity contribution in [2.45, 2.75) is 85.1 Å². The van der Waals surface area contributed by atoms with Crippen LogP contribution in [0.3, 0.4) is 0 Å².